The summed E-state index contributed by atoms with van der Waals surface area (Å²) in [4.78, 5) is 33.6. The number of aliphatic hydroxyl groups excluding tert-OH is 3. The molecule has 28 heavy (non-hydrogen) atoms. The number of carboxylic acids is 1. The molecule has 11 heteroatoms. The largest absolute Gasteiger partial charge is 0.479 e. The molecule has 11 nitrogen and oxygen atoms in total. The molecule has 154 valence electrons. The minimum atomic E-state index is -1.85. The number of hydrogen-bond acceptors (Lipinski definition) is 9. The molecule has 0 aromatic heterocycles. The van der Waals surface area contributed by atoms with E-state index < -0.39 is 48.6 Å². The van der Waals surface area contributed by atoms with Crippen LogP contribution < -0.4 is 10.1 Å². The number of carboxylic acid groups (broad SMARTS) is 1. The van der Waals surface area contributed by atoms with Gasteiger partial charge in [-0.15, -0.1) is 0 Å². The van der Waals surface area contributed by atoms with Crippen LogP contribution in [0.4, 0.5) is 5.69 Å². The fourth-order valence-corrected chi connectivity index (χ4v) is 2.52. The number of rotatable bonds is 6. The highest BCUT2D eigenvalue weighted by atomic mass is 16.7. The predicted octanol–water partition coefficient (Wildman–Crippen LogP) is -1.02. The lowest BCUT2D eigenvalue weighted by Crippen LogP contribution is -2.61. The Labute approximate surface area is 159 Å². The van der Waals surface area contributed by atoms with Crippen LogP contribution in [0.25, 0.3) is 0 Å². The third kappa shape index (κ3) is 5.16. The van der Waals surface area contributed by atoms with Gasteiger partial charge >= 0.3 is 11.9 Å². The molecule has 5 N–H and O–H groups in total. The van der Waals surface area contributed by atoms with Crippen LogP contribution in [-0.2, 0) is 30.5 Å². The predicted molar refractivity (Wildman–Crippen MR) is 91.2 cm³/mol. The number of amides is 1. The first kappa shape index (κ1) is 21.6. The Morgan fingerprint density at radius 3 is 2.36 bits per heavy atom. The standard InChI is InChI=1S/C17H21NO10/c1-7(19)18-10-5-9(6-26-8(2)20)3-4-11(10)27-17-14(23)12(21)13(22)15(28-17)16(24)25/h3-5,12-15,17,21-23H,6H2,1-2H3,(H,18,19)(H,24,25)/t12-,13-,14+,15-,17+/m0/s1. The van der Waals surface area contributed by atoms with E-state index in [0.717, 1.165) is 0 Å². The van der Waals surface area contributed by atoms with Crippen molar-refractivity contribution in [1.82, 2.24) is 0 Å². The Balaban J connectivity index is 2.26. The fraction of sp³-hybridized carbons (Fsp3) is 0.471. The minimum absolute atomic E-state index is 0.00134. The Morgan fingerprint density at radius 1 is 1.11 bits per heavy atom. The number of aliphatic hydroxyl groups is 3. The quantitative estimate of drug-likeness (QED) is 0.373. The van der Waals surface area contributed by atoms with Crippen molar-refractivity contribution in [3.05, 3.63) is 23.8 Å². The van der Waals surface area contributed by atoms with Crippen molar-refractivity contribution in [2.75, 3.05) is 5.32 Å². The van der Waals surface area contributed by atoms with E-state index >= 15 is 0 Å². The van der Waals surface area contributed by atoms with Gasteiger partial charge in [0.1, 0.15) is 30.7 Å². The molecule has 1 aliphatic rings. The van der Waals surface area contributed by atoms with Gasteiger partial charge in [0.05, 0.1) is 5.69 Å². The summed E-state index contributed by atoms with van der Waals surface area (Å²) in [6, 6.07) is 4.35. The first-order valence-electron chi connectivity index (χ1n) is 8.23. The summed E-state index contributed by atoms with van der Waals surface area (Å²) in [7, 11) is 0. The van der Waals surface area contributed by atoms with Gasteiger partial charge in [0, 0.05) is 13.8 Å². The van der Waals surface area contributed by atoms with E-state index in [1.54, 1.807) is 0 Å². The number of benzene rings is 1. The monoisotopic (exact) mass is 399 g/mol. The second-order valence-electron chi connectivity index (χ2n) is 6.14. The summed E-state index contributed by atoms with van der Waals surface area (Å²) in [6.45, 7) is 2.43. The topological polar surface area (TPSA) is 172 Å². The van der Waals surface area contributed by atoms with Crippen LogP contribution in [0.5, 0.6) is 5.75 Å². The Hall–Kier alpha value is -2.73. The smallest absolute Gasteiger partial charge is 0.335 e. The summed E-state index contributed by atoms with van der Waals surface area (Å²) < 4.78 is 15.4. The Bertz CT molecular complexity index is 751. The van der Waals surface area contributed by atoms with E-state index in [9.17, 15) is 29.7 Å². The zero-order valence-corrected chi connectivity index (χ0v) is 15.1. The van der Waals surface area contributed by atoms with Crippen molar-refractivity contribution >= 4 is 23.5 Å². The number of carbonyl (C=O) groups excluding carboxylic acids is 2. The summed E-state index contributed by atoms with van der Waals surface area (Å²) >= 11 is 0. The third-order valence-electron chi connectivity index (χ3n) is 3.85. The van der Waals surface area contributed by atoms with E-state index in [2.05, 4.69) is 5.32 Å². The number of ether oxygens (including phenoxy) is 3. The second-order valence-corrected chi connectivity index (χ2v) is 6.14. The van der Waals surface area contributed by atoms with Gasteiger partial charge in [0.25, 0.3) is 0 Å². The summed E-state index contributed by atoms with van der Waals surface area (Å²) in [5.74, 6) is -2.49. The minimum Gasteiger partial charge on any atom is -0.479 e. The van der Waals surface area contributed by atoms with Gasteiger partial charge in [-0.05, 0) is 17.7 Å². The average molecular weight is 399 g/mol. The molecule has 1 heterocycles. The van der Waals surface area contributed by atoms with Crippen LogP contribution in [0.1, 0.15) is 19.4 Å². The number of esters is 1. The highest BCUT2D eigenvalue weighted by Crippen LogP contribution is 2.31. The van der Waals surface area contributed by atoms with Crippen LogP contribution in [0.15, 0.2) is 18.2 Å². The number of nitrogens with one attached hydrogen (secondary N) is 1. The maximum absolute atomic E-state index is 11.5. The Kier molecular flexibility index (Phi) is 6.91. The zero-order chi connectivity index (χ0) is 21.0. The van der Waals surface area contributed by atoms with Gasteiger partial charge < -0.3 is 40.0 Å². The average Bonchev–Trinajstić information content (AvgIpc) is 2.61. The molecular formula is C17H21NO10. The Morgan fingerprint density at radius 2 is 1.79 bits per heavy atom. The molecule has 2 rings (SSSR count). The van der Waals surface area contributed by atoms with E-state index in [4.69, 9.17) is 19.3 Å². The van der Waals surface area contributed by atoms with Crippen molar-refractivity contribution in [1.29, 1.82) is 0 Å². The molecule has 1 fully saturated rings. The number of hydrogen-bond donors (Lipinski definition) is 5. The molecule has 1 saturated heterocycles. The van der Waals surface area contributed by atoms with Crippen LogP contribution in [-0.4, -0.2) is 69.0 Å². The molecule has 0 radical (unpaired) electrons. The molecular weight excluding hydrogens is 378 g/mol. The van der Waals surface area contributed by atoms with E-state index in [0.29, 0.717) is 5.56 Å². The maximum Gasteiger partial charge on any atom is 0.335 e. The highest BCUT2D eigenvalue weighted by molar-refractivity contribution is 5.90. The SMILES string of the molecule is CC(=O)Nc1cc(COC(C)=O)ccc1O[C@@H]1O[C@H](C(=O)O)[C@@H](O)[C@H](O)[C@H]1O. The van der Waals surface area contributed by atoms with E-state index in [1.165, 1.54) is 32.0 Å². The number of anilines is 1. The molecule has 1 aromatic rings. The molecule has 0 aliphatic carbocycles. The van der Waals surface area contributed by atoms with Gasteiger partial charge in [-0.3, -0.25) is 9.59 Å². The van der Waals surface area contributed by atoms with E-state index in [1.807, 2.05) is 0 Å². The summed E-state index contributed by atoms with van der Waals surface area (Å²) in [5.41, 5.74) is 0.663. The first-order valence-corrected chi connectivity index (χ1v) is 8.23. The first-order chi connectivity index (χ1) is 13.1. The molecule has 0 saturated carbocycles. The van der Waals surface area contributed by atoms with Crippen molar-refractivity contribution in [3.63, 3.8) is 0 Å². The van der Waals surface area contributed by atoms with Crippen molar-refractivity contribution in [3.8, 4) is 5.75 Å². The van der Waals surface area contributed by atoms with Crippen molar-refractivity contribution in [2.45, 2.75) is 51.2 Å². The third-order valence-corrected chi connectivity index (χ3v) is 3.85. The number of carbonyl (C=O) groups is 3. The zero-order valence-electron chi connectivity index (χ0n) is 15.1. The normalized spacial score (nSPS) is 27.0. The van der Waals surface area contributed by atoms with Gasteiger partial charge in [-0.1, -0.05) is 6.07 Å². The molecule has 1 amide bonds. The van der Waals surface area contributed by atoms with Crippen LogP contribution >= 0.6 is 0 Å². The highest BCUT2D eigenvalue weighted by Gasteiger charge is 2.48. The van der Waals surface area contributed by atoms with Gasteiger partial charge in [-0.25, -0.2) is 4.79 Å². The number of aliphatic carboxylic acids is 1. The van der Waals surface area contributed by atoms with Gasteiger partial charge in [0.15, 0.2) is 6.10 Å². The lowest BCUT2D eigenvalue weighted by molar-refractivity contribution is -0.271. The molecule has 1 aliphatic heterocycles. The van der Waals surface area contributed by atoms with Crippen LogP contribution in [0.2, 0.25) is 0 Å². The molecule has 0 bridgehead atoms. The maximum atomic E-state index is 11.5. The van der Waals surface area contributed by atoms with Crippen LogP contribution in [0.3, 0.4) is 0 Å². The lowest BCUT2D eigenvalue weighted by Gasteiger charge is -2.38. The molecule has 0 spiro atoms. The van der Waals surface area contributed by atoms with E-state index in [-0.39, 0.29) is 18.0 Å². The fourth-order valence-electron chi connectivity index (χ4n) is 2.52. The molecule has 0 unspecified atom stereocenters. The van der Waals surface area contributed by atoms with Crippen molar-refractivity contribution in [2.24, 2.45) is 0 Å². The van der Waals surface area contributed by atoms with Gasteiger partial charge in [0.2, 0.25) is 12.2 Å². The second kappa shape index (κ2) is 8.97. The van der Waals surface area contributed by atoms with Gasteiger partial charge in [-0.2, -0.15) is 0 Å². The summed E-state index contributed by atoms with van der Waals surface area (Å²) in [5, 5.41) is 41.2. The molecule has 1 aromatic carbocycles. The molecule has 5 atom stereocenters. The van der Waals surface area contributed by atoms with Crippen LogP contribution in [0, 0.1) is 0 Å². The van der Waals surface area contributed by atoms with Crippen molar-refractivity contribution < 1.29 is 49.0 Å². The lowest BCUT2D eigenvalue weighted by atomic mass is 9.99. The summed E-state index contributed by atoms with van der Waals surface area (Å²) in [6.07, 6.45) is -8.89.